The Kier molecular flexibility index (Phi) is 57.7. The highest BCUT2D eigenvalue weighted by molar-refractivity contribution is 5.71. The maximum absolute atomic E-state index is 12.9. The van der Waals surface area contributed by atoms with Crippen molar-refractivity contribution in [1.29, 1.82) is 0 Å². The Morgan fingerprint density at radius 1 is 0.282 bits per heavy atom. The second-order valence-corrected chi connectivity index (χ2v) is 21.0. The van der Waals surface area contributed by atoms with Gasteiger partial charge in [-0.05, 0) is 83.5 Å². The van der Waals surface area contributed by atoms with Crippen molar-refractivity contribution in [2.24, 2.45) is 0 Å². The largest absolute Gasteiger partial charge is 0.462 e. The Hall–Kier alpha value is -2.63. The van der Waals surface area contributed by atoms with Gasteiger partial charge in [0.25, 0.3) is 0 Å². The monoisotopic (exact) mass is 995 g/mol. The van der Waals surface area contributed by atoms with E-state index in [-0.39, 0.29) is 31.1 Å². The van der Waals surface area contributed by atoms with Gasteiger partial charge in [0.15, 0.2) is 6.10 Å². The summed E-state index contributed by atoms with van der Waals surface area (Å²) in [6.07, 6.45) is 73.9. The summed E-state index contributed by atoms with van der Waals surface area (Å²) in [5.41, 5.74) is 0. The molecule has 0 unspecified atom stereocenters. The van der Waals surface area contributed by atoms with Crippen LogP contribution in [0.1, 0.15) is 329 Å². The predicted molar refractivity (Wildman–Crippen MR) is 307 cm³/mol. The zero-order valence-electron chi connectivity index (χ0n) is 47.5. The first-order chi connectivity index (χ1) is 35.0. The molecule has 0 amide bonds. The van der Waals surface area contributed by atoms with Gasteiger partial charge in [-0.3, -0.25) is 14.4 Å². The summed E-state index contributed by atoms with van der Waals surface area (Å²) in [5, 5.41) is 0. The molecule has 0 spiro atoms. The number of hydrogen-bond donors (Lipinski definition) is 0. The van der Waals surface area contributed by atoms with Crippen molar-refractivity contribution in [3.63, 3.8) is 0 Å². The molecule has 0 aliphatic carbocycles. The first-order valence-electron chi connectivity index (χ1n) is 31.1. The molecule has 0 radical (unpaired) electrons. The zero-order chi connectivity index (χ0) is 51.4. The van der Waals surface area contributed by atoms with E-state index in [0.717, 1.165) is 83.5 Å². The Bertz CT molecular complexity index is 1230. The van der Waals surface area contributed by atoms with Crippen molar-refractivity contribution in [1.82, 2.24) is 0 Å². The van der Waals surface area contributed by atoms with Crippen LogP contribution in [0.5, 0.6) is 0 Å². The van der Waals surface area contributed by atoms with E-state index >= 15 is 0 Å². The van der Waals surface area contributed by atoms with Gasteiger partial charge in [-0.15, -0.1) is 0 Å². The average Bonchev–Trinajstić information content (AvgIpc) is 3.37. The highest BCUT2D eigenvalue weighted by Crippen LogP contribution is 2.17. The lowest BCUT2D eigenvalue weighted by Crippen LogP contribution is -2.30. The van der Waals surface area contributed by atoms with Crippen molar-refractivity contribution in [2.45, 2.75) is 335 Å². The molecule has 0 bridgehead atoms. The Morgan fingerprint density at radius 3 is 0.803 bits per heavy atom. The topological polar surface area (TPSA) is 78.9 Å². The van der Waals surface area contributed by atoms with Crippen molar-refractivity contribution in [3.05, 3.63) is 48.6 Å². The average molecular weight is 996 g/mol. The molecule has 0 aromatic rings. The fourth-order valence-electron chi connectivity index (χ4n) is 9.09. The molecule has 0 heterocycles. The molecule has 414 valence electrons. The fraction of sp³-hybridized carbons (Fsp3) is 0.831. The van der Waals surface area contributed by atoms with E-state index in [1.54, 1.807) is 0 Å². The van der Waals surface area contributed by atoms with Crippen LogP contribution in [0.4, 0.5) is 0 Å². The van der Waals surface area contributed by atoms with Gasteiger partial charge in [0.1, 0.15) is 13.2 Å². The number of carbonyl (C=O) groups excluding carboxylic acids is 3. The minimum atomic E-state index is -0.779. The standard InChI is InChI=1S/C65H118O6/c1-4-7-10-13-16-19-22-25-28-30-32-34-37-40-43-46-49-52-55-58-64(67)70-61-62(60-69-63(66)57-54-51-48-45-42-39-36-27-24-21-18-15-12-9-6-3)71-65(68)59-56-53-50-47-44-41-38-35-33-31-29-26-23-20-17-14-11-8-5-2/h16,18-19,21,25,27-28,36,62H,4-15,17,20,22-24,26,29-35,37-61H2,1-3H3/b19-16-,21-18-,28-25-,36-27-/t62-/m1/s1. The lowest BCUT2D eigenvalue weighted by molar-refractivity contribution is -0.167. The predicted octanol–water partition coefficient (Wildman–Crippen LogP) is 21.0. The summed E-state index contributed by atoms with van der Waals surface area (Å²) in [6, 6.07) is 0. The number of allylic oxidation sites excluding steroid dienone is 8. The van der Waals surface area contributed by atoms with Crippen LogP contribution in [0.3, 0.4) is 0 Å². The van der Waals surface area contributed by atoms with Gasteiger partial charge in [-0.25, -0.2) is 0 Å². The van der Waals surface area contributed by atoms with Gasteiger partial charge in [-0.1, -0.05) is 275 Å². The van der Waals surface area contributed by atoms with Gasteiger partial charge in [0, 0.05) is 19.3 Å². The van der Waals surface area contributed by atoms with Gasteiger partial charge < -0.3 is 14.2 Å². The summed E-state index contributed by atoms with van der Waals surface area (Å²) >= 11 is 0. The third kappa shape index (κ3) is 58.1. The molecular weight excluding hydrogens is 877 g/mol. The van der Waals surface area contributed by atoms with Crippen LogP contribution in [0, 0.1) is 0 Å². The molecule has 6 nitrogen and oxygen atoms in total. The van der Waals surface area contributed by atoms with Crippen LogP contribution in [0.15, 0.2) is 48.6 Å². The summed E-state index contributed by atoms with van der Waals surface area (Å²) in [5.74, 6) is -0.875. The molecular formula is C65H118O6. The van der Waals surface area contributed by atoms with E-state index < -0.39 is 6.10 Å². The first kappa shape index (κ1) is 68.4. The second-order valence-electron chi connectivity index (χ2n) is 21.0. The molecule has 0 aromatic carbocycles. The molecule has 1 atom stereocenters. The molecule has 0 saturated heterocycles. The Labute approximate surface area is 441 Å². The highest BCUT2D eigenvalue weighted by atomic mass is 16.6. The van der Waals surface area contributed by atoms with Crippen molar-refractivity contribution in [2.75, 3.05) is 13.2 Å². The van der Waals surface area contributed by atoms with Crippen LogP contribution in [0.2, 0.25) is 0 Å². The number of carbonyl (C=O) groups is 3. The molecule has 0 aliphatic rings. The van der Waals surface area contributed by atoms with E-state index in [9.17, 15) is 14.4 Å². The first-order valence-corrected chi connectivity index (χ1v) is 31.1. The molecule has 0 aliphatic heterocycles. The summed E-state index contributed by atoms with van der Waals surface area (Å²) < 4.78 is 16.9. The van der Waals surface area contributed by atoms with Crippen LogP contribution >= 0.6 is 0 Å². The lowest BCUT2D eigenvalue weighted by atomic mass is 10.0. The Balaban J connectivity index is 4.35. The number of unbranched alkanes of at least 4 members (excludes halogenated alkanes) is 38. The zero-order valence-corrected chi connectivity index (χ0v) is 47.5. The fourth-order valence-corrected chi connectivity index (χ4v) is 9.09. The molecule has 0 N–H and O–H groups in total. The normalized spacial score (nSPS) is 12.3. The molecule has 71 heavy (non-hydrogen) atoms. The van der Waals surface area contributed by atoms with Crippen LogP contribution in [-0.2, 0) is 28.6 Å². The van der Waals surface area contributed by atoms with E-state index in [2.05, 4.69) is 69.4 Å². The van der Waals surface area contributed by atoms with Gasteiger partial charge >= 0.3 is 17.9 Å². The number of rotatable bonds is 57. The lowest BCUT2D eigenvalue weighted by Gasteiger charge is -2.18. The van der Waals surface area contributed by atoms with Crippen molar-refractivity contribution in [3.8, 4) is 0 Å². The quantitative estimate of drug-likeness (QED) is 0.0261. The molecule has 6 heteroatoms. The third-order valence-corrected chi connectivity index (χ3v) is 13.8. The molecule has 0 fully saturated rings. The van der Waals surface area contributed by atoms with E-state index in [4.69, 9.17) is 14.2 Å². The second kappa shape index (κ2) is 59.9. The maximum atomic E-state index is 12.9. The van der Waals surface area contributed by atoms with Crippen molar-refractivity contribution >= 4 is 17.9 Å². The van der Waals surface area contributed by atoms with E-state index in [0.29, 0.717) is 19.3 Å². The summed E-state index contributed by atoms with van der Waals surface area (Å²) in [7, 11) is 0. The highest BCUT2D eigenvalue weighted by Gasteiger charge is 2.19. The summed E-state index contributed by atoms with van der Waals surface area (Å²) in [4.78, 5) is 38.3. The number of esters is 3. The molecule has 0 saturated carbocycles. The minimum Gasteiger partial charge on any atom is -0.462 e. The molecule has 0 rings (SSSR count). The van der Waals surface area contributed by atoms with E-state index in [1.165, 1.54) is 205 Å². The van der Waals surface area contributed by atoms with Gasteiger partial charge in [0.2, 0.25) is 0 Å². The third-order valence-electron chi connectivity index (χ3n) is 13.8. The van der Waals surface area contributed by atoms with Crippen LogP contribution < -0.4 is 0 Å². The Morgan fingerprint density at radius 2 is 0.507 bits per heavy atom. The van der Waals surface area contributed by atoms with Crippen LogP contribution in [-0.4, -0.2) is 37.2 Å². The van der Waals surface area contributed by atoms with Gasteiger partial charge in [-0.2, -0.15) is 0 Å². The molecule has 0 aromatic heterocycles. The minimum absolute atomic E-state index is 0.0767. The number of ether oxygens (including phenoxy) is 3. The van der Waals surface area contributed by atoms with Crippen molar-refractivity contribution < 1.29 is 28.6 Å². The number of hydrogen-bond acceptors (Lipinski definition) is 6. The SMILES string of the molecule is CCCCC/C=C\C/C=C\CCCCCCCCCCCC(=O)OC[C@@H](COC(=O)CCCCCCC/C=C\C/C=C\CCCCC)OC(=O)CCCCCCCCCCCCCCCCCCCCC. The van der Waals surface area contributed by atoms with Crippen LogP contribution in [0.25, 0.3) is 0 Å². The van der Waals surface area contributed by atoms with Gasteiger partial charge in [0.05, 0.1) is 0 Å². The summed E-state index contributed by atoms with van der Waals surface area (Å²) in [6.45, 7) is 6.62. The maximum Gasteiger partial charge on any atom is 0.306 e. The smallest absolute Gasteiger partial charge is 0.306 e. The van der Waals surface area contributed by atoms with E-state index in [1.807, 2.05) is 0 Å².